The minimum atomic E-state index is 0.731. The van der Waals surface area contributed by atoms with Crippen LogP contribution in [0.3, 0.4) is 0 Å². The first-order valence-electron chi connectivity index (χ1n) is 7.10. The number of hydrogen-bond acceptors (Lipinski definition) is 0. The Morgan fingerprint density at radius 2 is 1.32 bits per heavy atom. The molecule has 0 N–H and O–H groups in total. The van der Waals surface area contributed by atoms with Crippen LogP contribution in [0.4, 0.5) is 0 Å². The van der Waals surface area contributed by atoms with E-state index in [1.165, 1.54) is 27.1 Å². The Balaban J connectivity index is 2.19. The van der Waals surface area contributed by atoms with E-state index in [4.69, 9.17) is 11.6 Å². The summed E-state index contributed by atoms with van der Waals surface area (Å²) in [7, 11) is 0. The lowest BCUT2D eigenvalue weighted by Crippen LogP contribution is -1.86. The molecule has 0 aromatic heterocycles. The first kappa shape index (κ1) is 13.8. The van der Waals surface area contributed by atoms with Crippen LogP contribution in [0.2, 0.25) is 5.02 Å². The van der Waals surface area contributed by atoms with Gasteiger partial charge in [-0.3, -0.25) is 0 Å². The van der Waals surface area contributed by atoms with Gasteiger partial charge in [0, 0.05) is 4.47 Å². The maximum atomic E-state index is 6.29. The molecule has 0 saturated carbocycles. The van der Waals surface area contributed by atoms with Crippen LogP contribution < -0.4 is 0 Å². The highest BCUT2D eigenvalue weighted by Gasteiger charge is 2.11. The van der Waals surface area contributed by atoms with Crippen molar-refractivity contribution in [1.82, 2.24) is 0 Å². The fourth-order valence-electron chi connectivity index (χ4n) is 2.99. The van der Waals surface area contributed by atoms with Gasteiger partial charge in [0.2, 0.25) is 0 Å². The average Bonchev–Trinajstić information content (AvgIpc) is 2.57. The predicted molar refractivity (Wildman–Crippen MR) is 99.6 cm³/mol. The number of rotatable bonds is 1. The molecule has 4 aromatic rings. The molecule has 4 aromatic carbocycles. The molecule has 22 heavy (non-hydrogen) atoms. The molecule has 0 aliphatic heterocycles. The second-order valence-corrected chi connectivity index (χ2v) is 6.49. The maximum absolute atomic E-state index is 6.29. The normalized spacial score (nSPS) is 11.2. The van der Waals surface area contributed by atoms with E-state index in [-0.39, 0.29) is 0 Å². The van der Waals surface area contributed by atoms with Crippen LogP contribution in [0.5, 0.6) is 0 Å². The van der Waals surface area contributed by atoms with E-state index < -0.39 is 0 Å². The molecule has 2 heteroatoms. The summed E-state index contributed by atoms with van der Waals surface area (Å²) in [6.45, 7) is 0. The first-order chi connectivity index (χ1) is 10.8. The SMILES string of the molecule is Clc1cccc(-c2cc3ccccc3c3ccccc23)c1Br. The van der Waals surface area contributed by atoms with Gasteiger partial charge in [0.1, 0.15) is 0 Å². The highest BCUT2D eigenvalue weighted by atomic mass is 79.9. The van der Waals surface area contributed by atoms with Gasteiger partial charge >= 0.3 is 0 Å². The summed E-state index contributed by atoms with van der Waals surface area (Å²) < 4.78 is 0.942. The molecule has 106 valence electrons. The Morgan fingerprint density at radius 1 is 0.636 bits per heavy atom. The molecule has 0 aliphatic carbocycles. The van der Waals surface area contributed by atoms with Crippen molar-refractivity contribution >= 4 is 49.1 Å². The standard InChI is InChI=1S/C20H12BrCl/c21-20-17(10-5-11-19(20)22)18-12-13-6-1-2-7-14(13)15-8-3-4-9-16(15)18/h1-12H. The van der Waals surface area contributed by atoms with E-state index in [1.807, 2.05) is 12.1 Å². The van der Waals surface area contributed by atoms with Crippen molar-refractivity contribution < 1.29 is 0 Å². The van der Waals surface area contributed by atoms with Crippen LogP contribution >= 0.6 is 27.5 Å². The van der Waals surface area contributed by atoms with E-state index in [0.29, 0.717) is 0 Å². The Bertz CT molecular complexity index is 1000. The summed E-state index contributed by atoms with van der Waals surface area (Å²) >= 11 is 9.92. The molecule has 0 heterocycles. The van der Waals surface area contributed by atoms with Gasteiger partial charge < -0.3 is 0 Å². The van der Waals surface area contributed by atoms with Crippen LogP contribution in [0.25, 0.3) is 32.7 Å². The van der Waals surface area contributed by atoms with Crippen LogP contribution in [-0.2, 0) is 0 Å². The van der Waals surface area contributed by atoms with Gasteiger partial charge in [-0.1, -0.05) is 72.3 Å². The zero-order valence-electron chi connectivity index (χ0n) is 11.7. The summed E-state index contributed by atoms with van der Waals surface area (Å²) in [5.41, 5.74) is 2.32. The molecule has 0 saturated heterocycles. The Labute approximate surface area is 142 Å². The van der Waals surface area contributed by atoms with Crippen molar-refractivity contribution in [2.75, 3.05) is 0 Å². The van der Waals surface area contributed by atoms with E-state index in [2.05, 4.69) is 76.6 Å². The summed E-state index contributed by atoms with van der Waals surface area (Å²) in [5, 5.41) is 5.75. The molecule has 0 amide bonds. The Hall–Kier alpha value is -1.83. The van der Waals surface area contributed by atoms with Crippen LogP contribution in [-0.4, -0.2) is 0 Å². The van der Waals surface area contributed by atoms with Gasteiger partial charge in [0.25, 0.3) is 0 Å². The topological polar surface area (TPSA) is 0 Å². The van der Waals surface area contributed by atoms with E-state index >= 15 is 0 Å². The van der Waals surface area contributed by atoms with Crippen molar-refractivity contribution in [1.29, 1.82) is 0 Å². The third-order valence-electron chi connectivity index (χ3n) is 4.01. The molecular weight excluding hydrogens is 356 g/mol. The van der Waals surface area contributed by atoms with Crippen LogP contribution in [0, 0.1) is 0 Å². The summed E-state index contributed by atoms with van der Waals surface area (Å²) in [6.07, 6.45) is 0. The fourth-order valence-corrected chi connectivity index (χ4v) is 3.64. The van der Waals surface area contributed by atoms with Crippen molar-refractivity contribution in [2.24, 2.45) is 0 Å². The monoisotopic (exact) mass is 366 g/mol. The maximum Gasteiger partial charge on any atom is 0.0554 e. The van der Waals surface area contributed by atoms with Crippen molar-refractivity contribution in [3.8, 4) is 11.1 Å². The quantitative estimate of drug-likeness (QED) is 0.315. The third-order valence-corrected chi connectivity index (χ3v) is 5.41. The second kappa shape index (κ2) is 5.42. The van der Waals surface area contributed by atoms with Gasteiger partial charge in [-0.15, -0.1) is 0 Å². The van der Waals surface area contributed by atoms with Crippen molar-refractivity contribution in [2.45, 2.75) is 0 Å². The summed E-state index contributed by atoms with van der Waals surface area (Å²) in [6, 6.07) is 25.3. The minimum Gasteiger partial charge on any atom is -0.0831 e. The molecule has 0 aliphatic rings. The molecule has 0 unspecified atom stereocenters. The Morgan fingerprint density at radius 3 is 2.14 bits per heavy atom. The number of halogens is 2. The lowest BCUT2D eigenvalue weighted by atomic mass is 9.93. The lowest BCUT2D eigenvalue weighted by molar-refractivity contribution is 1.62. The van der Waals surface area contributed by atoms with E-state index in [9.17, 15) is 0 Å². The molecule has 0 nitrogen and oxygen atoms in total. The Kier molecular flexibility index (Phi) is 3.40. The molecular formula is C20H12BrCl. The van der Waals surface area contributed by atoms with E-state index in [0.717, 1.165) is 15.1 Å². The summed E-state index contributed by atoms with van der Waals surface area (Å²) in [4.78, 5) is 0. The van der Waals surface area contributed by atoms with Crippen molar-refractivity contribution in [3.05, 3.63) is 82.3 Å². The number of fused-ring (bicyclic) bond motifs is 3. The largest absolute Gasteiger partial charge is 0.0831 e. The van der Waals surface area contributed by atoms with Crippen LogP contribution in [0.1, 0.15) is 0 Å². The molecule has 0 fully saturated rings. The lowest BCUT2D eigenvalue weighted by Gasteiger charge is -2.13. The van der Waals surface area contributed by atoms with Gasteiger partial charge in [0.05, 0.1) is 5.02 Å². The molecule has 0 atom stereocenters. The number of benzene rings is 4. The van der Waals surface area contributed by atoms with E-state index in [1.54, 1.807) is 0 Å². The third kappa shape index (κ3) is 2.13. The zero-order chi connectivity index (χ0) is 15.1. The molecule has 0 radical (unpaired) electrons. The zero-order valence-corrected chi connectivity index (χ0v) is 14.0. The summed E-state index contributed by atoms with van der Waals surface area (Å²) in [5.74, 6) is 0. The smallest absolute Gasteiger partial charge is 0.0554 e. The molecule has 4 rings (SSSR count). The molecule has 0 spiro atoms. The average molecular weight is 368 g/mol. The molecule has 0 bridgehead atoms. The van der Waals surface area contributed by atoms with Gasteiger partial charge in [0.15, 0.2) is 0 Å². The van der Waals surface area contributed by atoms with Crippen LogP contribution in [0.15, 0.2) is 77.3 Å². The number of hydrogen-bond donors (Lipinski definition) is 0. The van der Waals surface area contributed by atoms with Crippen molar-refractivity contribution in [3.63, 3.8) is 0 Å². The fraction of sp³-hybridized carbons (Fsp3) is 0. The predicted octanol–water partition coefficient (Wildman–Crippen LogP) is 7.08. The highest BCUT2D eigenvalue weighted by molar-refractivity contribution is 9.10. The highest BCUT2D eigenvalue weighted by Crippen LogP contribution is 2.40. The second-order valence-electron chi connectivity index (χ2n) is 5.29. The van der Waals surface area contributed by atoms with Gasteiger partial charge in [-0.25, -0.2) is 0 Å². The minimum absolute atomic E-state index is 0.731. The van der Waals surface area contributed by atoms with Gasteiger partial charge in [-0.2, -0.15) is 0 Å². The van der Waals surface area contributed by atoms with Gasteiger partial charge in [-0.05, 0) is 60.7 Å². The first-order valence-corrected chi connectivity index (χ1v) is 8.27.